The summed E-state index contributed by atoms with van der Waals surface area (Å²) in [5, 5.41) is 10.9. The fourth-order valence-electron chi connectivity index (χ4n) is 5.10. The summed E-state index contributed by atoms with van der Waals surface area (Å²) in [4.78, 5) is 12.3. The Bertz CT molecular complexity index is 686. The Morgan fingerprint density at radius 1 is 1.38 bits per heavy atom. The minimum Gasteiger partial charge on any atom is -0.322 e. The van der Waals surface area contributed by atoms with E-state index in [0.717, 1.165) is 42.0 Å². The van der Waals surface area contributed by atoms with Crippen molar-refractivity contribution in [1.29, 1.82) is 0 Å². The maximum Gasteiger partial charge on any atom is 0.238 e. The first-order chi connectivity index (χ1) is 11.5. The molecular weight excluding hydrogens is 300 g/mol. The molecule has 3 aliphatic carbocycles. The second kappa shape index (κ2) is 5.73. The molecule has 3 atom stereocenters. The number of amides is 1. The summed E-state index contributed by atoms with van der Waals surface area (Å²) in [7, 11) is 0. The van der Waals surface area contributed by atoms with E-state index < -0.39 is 0 Å². The van der Waals surface area contributed by atoms with Crippen LogP contribution in [0.25, 0.3) is 0 Å². The van der Waals surface area contributed by atoms with Gasteiger partial charge in [0.15, 0.2) is 0 Å². The molecule has 0 saturated heterocycles. The molecular formula is C19H28N4O. The van der Waals surface area contributed by atoms with Crippen LogP contribution in [0.2, 0.25) is 0 Å². The Morgan fingerprint density at radius 2 is 2.17 bits per heavy atom. The summed E-state index contributed by atoms with van der Waals surface area (Å²) in [5.41, 5.74) is 3.41. The SMILES string of the molecule is CCn1nc(C)c(NC(=O)CNC[C@@H]2C[C@@H]3C=C[C@@H]2C32CC2)c1C. The maximum atomic E-state index is 12.3. The van der Waals surface area contributed by atoms with Crippen LogP contribution < -0.4 is 10.6 Å². The van der Waals surface area contributed by atoms with E-state index in [9.17, 15) is 4.79 Å². The van der Waals surface area contributed by atoms with Gasteiger partial charge in [-0.15, -0.1) is 0 Å². The van der Waals surface area contributed by atoms with Crippen LogP contribution in [0.1, 0.15) is 37.6 Å². The number of nitrogens with zero attached hydrogens (tertiary/aromatic N) is 2. The molecule has 4 rings (SSSR count). The highest BCUT2D eigenvalue weighted by molar-refractivity contribution is 5.93. The standard InChI is InChI=1S/C19H28N4O/c1-4-23-13(3)18(12(2)22-23)21-17(24)11-20-10-14-9-15-5-6-16(14)19(15)7-8-19/h5-6,14-16,20H,4,7-11H2,1-3H3,(H,21,24)/t14-,15-,16-/m0/s1. The van der Waals surface area contributed by atoms with Crippen molar-refractivity contribution in [3.05, 3.63) is 23.5 Å². The van der Waals surface area contributed by atoms with Gasteiger partial charge < -0.3 is 10.6 Å². The minimum atomic E-state index is 0.0247. The van der Waals surface area contributed by atoms with E-state index in [4.69, 9.17) is 0 Å². The zero-order valence-electron chi connectivity index (χ0n) is 14.9. The molecule has 2 saturated carbocycles. The fourth-order valence-corrected chi connectivity index (χ4v) is 5.10. The van der Waals surface area contributed by atoms with Crippen molar-refractivity contribution in [2.75, 3.05) is 18.4 Å². The van der Waals surface area contributed by atoms with Crippen molar-refractivity contribution in [3.63, 3.8) is 0 Å². The Hall–Kier alpha value is -1.62. The van der Waals surface area contributed by atoms with Gasteiger partial charge in [0, 0.05) is 6.54 Å². The topological polar surface area (TPSA) is 59.0 Å². The lowest BCUT2D eigenvalue weighted by Crippen LogP contribution is -2.33. The van der Waals surface area contributed by atoms with Crippen LogP contribution >= 0.6 is 0 Å². The van der Waals surface area contributed by atoms with Gasteiger partial charge in [-0.3, -0.25) is 9.48 Å². The number of nitrogens with one attached hydrogen (secondary N) is 2. The van der Waals surface area contributed by atoms with Crippen LogP contribution in [0.4, 0.5) is 5.69 Å². The second-order valence-corrected chi connectivity index (χ2v) is 7.79. The smallest absolute Gasteiger partial charge is 0.238 e. The van der Waals surface area contributed by atoms with Gasteiger partial charge in [0.25, 0.3) is 0 Å². The normalized spacial score (nSPS) is 28.7. The Balaban J connectivity index is 1.27. The number of anilines is 1. The molecule has 1 spiro atoms. The first kappa shape index (κ1) is 15.9. The number of rotatable bonds is 6. The number of aromatic nitrogens is 2. The van der Waals surface area contributed by atoms with Crippen LogP contribution in [-0.2, 0) is 11.3 Å². The molecule has 0 aromatic carbocycles. The summed E-state index contributed by atoms with van der Waals surface area (Å²) in [6, 6.07) is 0. The fraction of sp³-hybridized carbons (Fsp3) is 0.684. The highest BCUT2D eigenvalue weighted by Crippen LogP contribution is 2.69. The average Bonchev–Trinajstić information content (AvgIpc) is 3.16. The zero-order valence-corrected chi connectivity index (χ0v) is 14.9. The van der Waals surface area contributed by atoms with E-state index in [0.29, 0.717) is 17.9 Å². The van der Waals surface area contributed by atoms with E-state index in [-0.39, 0.29) is 5.91 Å². The van der Waals surface area contributed by atoms with Crippen molar-refractivity contribution < 1.29 is 4.79 Å². The van der Waals surface area contributed by atoms with Crippen molar-refractivity contribution >= 4 is 11.6 Å². The molecule has 2 bridgehead atoms. The molecule has 0 unspecified atom stereocenters. The van der Waals surface area contributed by atoms with Gasteiger partial charge in [0.05, 0.1) is 23.6 Å². The second-order valence-electron chi connectivity index (χ2n) is 7.79. The molecule has 2 N–H and O–H groups in total. The lowest BCUT2D eigenvalue weighted by atomic mass is 9.89. The molecule has 1 aromatic heterocycles. The third-order valence-electron chi connectivity index (χ3n) is 6.48. The molecule has 5 heteroatoms. The van der Waals surface area contributed by atoms with Crippen LogP contribution in [0.15, 0.2) is 12.2 Å². The number of carbonyl (C=O) groups excluding carboxylic acids is 1. The molecule has 0 aliphatic heterocycles. The lowest BCUT2D eigenvalue weighted by Gasteiger charge is -2.20. The minimum absolute atomic E-state index is 0.0247. The number of hydrogen-bond donors (Lipinski definition) is 2. The van der Waals surface area contributed by atoms with Crippen molar-refractivity contribution in [1.82, 2.24) is 15.1 Å². The highest BCUT2D eigenvalue weighted by Gasteiger charge is 2.62. The first-order valence-electron chi connectivity index (χ1n) is 9.28. The monoisotopic (exact) mass is 328 g/mol. The predicted octanol–water partition coefficient (Wildman–Crippen LogP) is 2.65. The van der Waals surface area contributed by atoms with Crippen LogP contribution in [0.3, 0.4) is 0 Å². The van der Waals surface area contributed by atoms with Crippen LogP contribution in [0, 0.1) is 37.0 Å². The molecule has 0 radical (unpaired) electrons. The summed E-state index contributed by atoms with van der Waals surface area (Å²) in [5.74, 6) is 2.30. The highest BCUT2D eigenvalue weighted by atomic mass is 16.1. The van der Waals surface area contributed by atoms with Gasteiger partial charge in [0.1, 0.15) is 0 Å². The lowest BCUT2D eigenvalue weighted by molar-refractivity contribution is -0.115. The van der Waals surface area contributed by atoms with Gasteiger partial charge in [-0.25, -0.2) is 0 Å². The van der Waals surface area contributed by atoms with Gasteiger partial charge in [-0.05, 0) is 69.7 Å². The van der Waals surface area contributed by atoms with E-state index >= 15 is 0 Å². The van der Waals surface area contributed by atoms with Crippen molar-refractivity contribution in [2.45, 2.75) is 46.6 Å². The quantitative estimate of drug-likeness (QED) is 0.789. The molecule has 3 aliphatic rings. The third-order valence-corrected chi connectivity index (χ3v) is 6.48. The zero-order chi connectivity index (χ0) is 16.9. The Kier molecular flexibility index (Phi) is 3.79. The van der Waals surface area contributed by atoms with Gasteiger partial charge in [0.2, 0.25) is 5.91 Å². The van der Waals surface area contributed by atoms with Crippen molar-refractivity contribution in [3.8, 4) is 0 Å². The molecule has 1 aromatic rings. The molecule has 130 valence electrons. The number of aryl methyl sites for hydroxylation is 2. The van der Waals surface area contributed by atoms with E-state index in [1.807, 2.05) is 18.5 Å². The van der Waals surface area contributed by atoms with E-state index in [1.54, 1.807) is 0 Å². The number of carbonyl (C=O) groups is 1. The van der Waals surface area contributed by atoms with Crippen LogP contribution in [-0.4, -0.2) is 28.8 Å². The molecule has 5 nitrogen and oxygen atoms in total. The Labute approximate surface area is 143 Å². The summed E-state index contributed by atoms with van der Waals surface area (Å²) < 4.78 is 1.93. The molecule has 2 fully saturated rings. The molecule has 24 heavy (non-hydrogen) atoms. The largest absolute Gasteiger partial charge is 0.322 e. The summed E-state index contributed by atoms with van der Waals surface area (Å²) in [6.45, 7) is 8.15. The van der Waals surface area contributed by atoms with E-state index in [1.165, 1.54) is 19.3 Å². The Morgan fingerprint density at radius 3 is 2.79 bits per heavy atom. The summed E-state index contributed by atoms with van der Waals surface area (Å²) in [6.07, 6.45) is 9.01. The summed E-state index contributed by atoms with van der Waals surface area (Å²) >= 11 is 0. The van der Waals surface area contributed by atoms with Crippen molar-refractivity contribution in [2.24, 2.45) is 23.2 Å². The first-order valence-corrected chi connectivity index (χ1v) is 9.28. The van der Waals surface area contributed by atoms with Gasteiger partial charge in [-0.1, -0.05) is 12.2 Å². The average molecular weight is 328 g/mol. The predicted molar refractivity (Wildman–Crippen MR) is 94.8 cm³/mol. The number of hydrogen-bond acceptors (Lipinski definition) is 3. The molecule has 1 amide bonds. The van der Waals surface area contributed by atoms with Gasteiger partial charge in [-0.2, -0.15) is 5.10 Å². The van der Waals surface area contributed by atoms with Crippen LogP contribution in [0.5, 0.6) is 0 Å². The number of allylic oxidation sites excluding steroid dienone is 2. The molecule has 1 heterocycles. The van der Waals surface area contributed by atoms with Gasteiger partial charge >= 0.3 is 0 Å². The van der Waals surface area contributed by atoms with E-state index in [2.05, 4.69) is 34.8 Å². The third kappa shape index (κ3) is 2.41. The maximum absolute atomic E-state index is 12.3.